The van der Waals surface area contributed by atoms with Crippen LogP contribution in [0, 0.1) is 0 Å². The standard InChI is InChI=1S/C21H19N3O4/c22-19(26)15-10-13-16(6-3-7-17(13)24-21(15)28)23-20(27)14-8-11-4-1-2-5-12(11)9-18(14)25/h1-2,4-5,8-10,16,25H,3,6-7H2,(H2,22,26)(H,23,27)(H,24,28). The minimum Gasteiger partial charge on any atom is -0.507 e. The largest absolute Gasteiger partial charge is 0.507 e. The number of nitrogens with two attached hydrogens (primary N) is 1. The van der Waals surface area contributed by atoms with Gasteiger partial charge in [-0.15, -0.1) is 0 Å². The summed E-state index contributed by atoms with van der Waals surface area (Å²) in [6.45, 7) is 0. The molecule has 1 heterocycles. The van der Waals surface area contributed by atoms with Crippen LogP contribution in [0.3, 0.4) is 0 Å². The number of hydrogen-bond acceptors (Lipinski definition) is 4. The summed E-state index contributed by atoms with van der Waals surface area (Å²) in [5.74, 6) is -1.34. The predicted octanol–water partition coefficient (Wildman–Crippen LogP) is 2.14. The van der Waals surface area contributed by atoms with E-state index in [1.54, 1.807) is 12.1 Å². The van der Waals surface area contributed by atoms with E-state index in [2.05, 4.69) is 10.3 Å². The van der Waals surface area contributed by atoms with E-state index in [9.17, 15) is 19.5 Å². The molecule has 0 spiro atoms. The maximum Gasteiger partial charge on any atom is 0.261 e. The molecule has 3 aromatic rings. The minimum atomic E-state index is -0.813. The van der Waals surface area contributed by atoms with Gasteiger partial charge in [0.1, 0.15) is 11.3 Å². The second-order valence-corrected chi connectivity index (χ2v) is 6.95. The van der Waals surface area contributed by atoms with Crippen LogP contribution >= 0.6 is 0 Å². The summed E-state index contributed by atoms with van der Waals surface area (Å²) in [6.07, 6.45) is 2.07. The van der Waals surface area contributed by atoms with Gasteiger partial charge in [0.2, 0.25) is 0 Å². The van der Waals surface area contributed by atoms with Gasteiger partial charge in [-0.25, -0.2) is 0 Å². The summed E-state index contributed by atoms with van der Waals surface area (Å²) in [6, 6.07) is 11.7. The summed E-state index contributed by atoms with van der Waals surface area (Å²) in [5, 5.41) is 14.9. The zero-order valence-corrected chi connectivity index (χ0v) is 15.0. The Kier molecular flexibility index (Phi) is 4.35. The Morgan fingerprint density at radius 3 is 2.54 bits per heavy atom. The van der Waals surface area contributed by atoms with Crippen LogP contribution < -0.4 is 16.6 Å². The normalized spacial score (nSPS) is 15.8. The highest BCUT2D eigenvalue weighted by molar-refractivity contribution is 6.01. The average molecular weight is 377 g/mol. The molecule has 2 amide bonds. The van der Waals surface area contributed by atoms with Crippen molar-refractivity contribution >= 4 is 22.6 Å². The number of pyridine rings is 1. The molecule has 1 aliphatic carbocycles. The lowest BCUT2D eigenvalue weighted by atomic mass is 9.90. The fraction of sp³-hybridized carbons (Fsp3) is 0.190. The van der Waals surface area contributed by atoms with Crippen LogP contribution in [0.4, 0.5) is 0 Å². The van der Waals surface area contributed by atoms with E-state index in [0.29, 0.717) is 24.1 Å². The highest BCUT2D eigenvalue weighted by Gasteiger charge is 2.26. The van der Waals surface area contributed by atoms with Crippen LogP contribution in [0.15, 0.2) is 47.3 Å². The number of hydrogen-bond donors (Lipinski definition) is 4. The third-order valence-electron chi connectivity index (χ3n) is 5.13. The number of nitrogens with one attached hydrogen (secondary N) is 2. The number of aromatic amines is 1. The SMILES string of the molecule is NC(=O)c1cc2c([nH]c1=O)CCCC2NC(=O)c1cc2ccccc2cc1O. The Labute approximate surface area is 160 Å². The number of aromatic hydroxyl groups is 1. The molecular formula is C21H19N3O4. The minimum absolute atomic E-state index is 0.105. The number of H-pyrrole nitrogens is 1. The van der Waals surface area contributed by atoms with E-state index in [-0.39, 0.29) is 16.9 Å². The molecule has 7 heteroatoms. The third kappa shape index (κ3) is 3.11. The molecule has 1 atom stereocenters. The van der Waals surface area contributed by atoms with Crippen molar-refractivity contribution in [2.24, 2.45) is 5.73 Å². The number of rotatable bonds is 3. The smallest absolute Gasteiger partial charge is 0.261 e. The number of amides is 2. The van der Waals surface area contributed by atoms with Crippen molar-refractivity contribution in [1.29, 1.82) is 0 Å². The first-order valence-corrected chi connectivity index (χ1v) is 9.02. The molecule has 4 rings (SSSR count). The monoisotopic (exact) mass is 377 g/mol. The fourth-order valence-corrected chi connectivity index (χ4v) is 3.72. The van der Waals surface area contributed by atoms with E-state index in [4.69, 9.17) is 5.73 Å². The fourth-order valence-electron chi connectivity index (χ4n) is 3.72. The summed E-state index contributed by atoms with van der Waals surface area (Å²) in [5.41, 5.74) is 6.16. The van der Waals surface area contributed by atoms with Crippen LogP contribution in [-0.2, 0) is 6.42 Å². The topological polar surface area (TPSA) is 125 Å². The molecule has 0 bridgehead atoms. The molecule has 0 fully saturated rings. The summed E-state index contributed by atoms with van der Waals surface area (Å²) in [7, 11) is 0. The molecule has 1 unspecified atom stereocenters. The van der Waals surface area contributed by atoms with Crippen molar-refractivity contribution in [3.8, 4) is 5.75 Å². The van der Waals surface area contributed by atoms with Gasteiger partial charge in [0.25, 0.3) is 17.4 Å². The molecular weight excluding hydrogens is 358 g/mol. The van der Waals surface area contributed by atoms with Crippen LogP contribution in [0.2, 0.25) is 0 Å². The molecule has 0 radical (unpaired) electrons. The van der Waals surface area contributed by atoms with Crippen molar-refractivity contribution in [1.82, 2.24) is 10.3 Å². The number of benzene rings is 2. The molecule has 2 aromatic carbocycles. The van der Waals surface area contributed by atoms with Gasteiger partial charge in [-0.1, -0.05) is 24.3 Å². The van der Waals surface area contributed by atoms with Gasteiger partial charge in [-0.2, -0.15) is 0 Å². The number of phenolic OH excluding ortho intramolecular Hbond substituents is 1. The van der Waals surface area contributed by atoms with E-state index < -0.39 is 23.4 Å². The molecule has 1 aliphatic rings. The lowest BCUT2D eigenvalue weighted by molar-refractivity contribution is 0.0929. The van der Waals surface area contributed by atoms with Gasteiger partial charge in [0, 0.05) is 5.69 Å². The molecule has 28 heavy (non-hydrogen) atoms. The van der Waals surface area contributed by atoms with Crippen molar-refractivity contribution in [2.45, 2.75) is 25.3 Å². The number of carbonyl (C=O) groups excluding carboxylic acids is 2. The highest BCUT2D eigenvalue weighted by atomic mass is 16.3. The quantitative estimate of drug-likeness (QED) is 0.558. The van der Waals surface area contributed by atoms with E-state index in [1.165, 1.54) is 6.07 Å². The van der Waals surface area contributed by atoms with Crippen LogP contribution in [0.25, 0.3) is 10.8 Å². The van der Waals surface area contributed by atoms with Gasteiger partial charge >= 0.3 is 0 Å². The zero-order chi connectivity index (χ0) is 19.8. The van der Waals surface area contributed by atoms with Crippen LogP contribution in [0.1, 0.15) is 50.9 Å². The van der Waals surface area contributed by atoms with Crippen molar-refractivity contribution in [2.75, 3.05) is 0 Å². The summed E-state index contributed by atoms with van der Waals surface area (Å²) < 4.78 is 0. The number of primary amides is 1. The predicted molar refractivity (Wildman–Crippen MR) is 104 cm³/mol. The molecule has 142 valence electrons. The molecule has 0 saturated carbocycles. The number of fused-ring (bicyclic) bond motifs is 2. The Morgan fingerprint density at radius 1 is 1.11 bits per heavy atom. The third-order valence-corrected chi connectivity index (χ3v) is 5.13. The van der Waals surface area contributed by atoms with Gasteiger partial charge in [-0.05, 0) is 53.8 Å². The number of phenols is 1. The zero-order valence-electron chi connectivity index (χ0n) is 15.0. The molecule has 0 saturated heterocycles. The Balaban J connectivity index is 1.68. The lowest BCUT2D eigenvalue weighted by Crippen LogP contribution is -2.34. The van der Waals surface area contributed by atoms with Gasteiger partial charge in [0.05, 0.1) is 11.6 Å². The highest BCUT2D eigenvalue weighted by Crippen LogP contribution is 2.30. The van der Waals surface area contributed by atoms with Crippen molar-refractivity contribution in [3.05, 3.63) is 75.2 Å². The summed E-state index contributed by atoms with van der Waals surface area (Å²) in [4.78, 5) is 39.0. The first-order valence-electron chi connectivity index (χ1n) is 9.02. The van der Waals surface area contributed by atoms with Crippen LogP contribution in [0.5, 0.6) is 5.75 Å². The lowest BCUT2D eigenvalue weighted by Gasteiger charge is -2.26. The molecule has 7 nitrogen and oxygen atoms in total. The molecule has 0 aliphatic heterocycles. The maximum atomic E-state index is 12.8. The second-order valence-electron chi connectivity index (χ2n) is 6.95. The number of aryl methyl sites for hydroxylation is 1. The summed E-state index contributed by atoms with van der Waals surface area (Å²) >= 11 is 0. The van der Waals surface area contributed by atoms with E-state index in [0.717, 1.165) is 17.2 Å². The first-order chi connectivity index (χ1) is 13.4. The van der Waals surface area contributed by atoms with Crippen molar-refractivity contribution in [3.63, 3.8) is 0 Å². The Morgan fingerprint density at radius 2 is 1.82 bits per heavy atom. The number of aromatic nitrogens is 1. The van der Waals surface area contributed by atoms with E-state index in [1.807, 2.05) is 24.3 Å². The second kappa shape index (κ2) is 6.84. The van der Waals surface area contributed by atoms with E-state index >= 15 is 0 Å². The number of carbonyl (C=O) groups is 2. The first kappa shape index (κ1) is 17.8. The Bertz CT molecular complexity index is 1170. The van der Waals surface area contributed by atoms with Crippen molar-refractivity contribution < 1.29 is 14.7 Å². The molecule has 1 aromatic heterocycles. The maximum absolute atomic E-state index is 12.8. The molecule has 5 N–H and O–H groups in total. The average Bonchev–Trinajstić information content (AvgIpc) is 2.66. The van der Waals surface area contributed by atoms with Gasteiger partial charge in [0.15, 0.2) is 0 Å². The Hall–Kier alpha value is -3.61. The van der Waals surface area contributed by atoms with Gasteiger partial charge in [-0.3, -0.25) is 14.4 Å². The van der Waals surface area contributed by atoms with Crippen LogP contribution in [-0.4, -0.2) is 21.9 Å². The van der Waals surface area contributed by atoms with Gasteiger partial charge < -0.3 is 21.1 Å².